The average Bonchev–Trinajstić information content (AvgIpc) is 2.65. The van der Waals surface area contributed by atoms with E-state index in [4.69, 9.17) is 4.74 Å². The molecule has 2 unspecified atom stereocenters. The molecular formula is C22H30N2O. The average molecular weight is 338 g/mol. The quantitative estimate of drug-likeness (QED) is 0.829. The fourth-order valence-corrected chi connectivity index (χ4v) is 3.38. The number of rotatable bonds is 7. The van der Waals surface area contributed by atoms with Gasteiger partial charge in [0.15, 0.2) is 0 Å². The molecule has 0 radical (unpaired) electrons. The van der Waals surface area contributed by atoms with E-state index in [1.165, 1.54) is 24.1 Å². The number of nitrogens with one attached hydrogen (secondary N) is 1. The van der Waals surface area contributed by atoms with Crippen LogP contribution in [0.25, 0.3) is 0 Å². The topological polar surface area (TPSA) is 24.5 Å². The molecule has 134 valence electrons. The van der Waals surface area contributed by atoms with Gasteiger partial charge in [0, 0.05) is 25.2 Å². The number of piperazine rings is 1. The summed E-state index contributed by atoms with van der Waals surface area (Å²) in [7, 11) is 0. The number of hydrogen-bond acceptors (Lipinski definition) is 3. The minimum absolute atomic E-state index is 0.611. The Labute approximate surface area is 152 Å². The maximum atomic E-state index is 5.80. The minimum Gasteiger partial charge on any atom is -0.489 e. The van der Waals surface area contributed by atoms with E-state index in [0.29, 0.717) is 18.7 Å². The molecule has 3 nitrogen and oxygen atoms in total. The molecule has 0 spiro atoms. The lowest BCUT2D eigenvalue weighted by atomic mass is 10.1. The van der Waals surface area contributed by atoms with Crippen molar-refractivity contribution in [3.63, 3.8) is 0 Å². The molecule has 2 atom stereocenters. The highest BCUT2D eigenvalue weighted by Gasteiger charge is 2.21. The van der Waals surface area contributed by atoms with Crippen molar-refractivity contribution in [3.8, 4) is 5.75 Å². The van der Waals surface area contributed by atoms with Gasteiger partial charge in [0.25, 0.3) is 0 Å². The fraction of sp³-hybridized carbons (Fsp3) is 0.455. The SMILES string of the molecule is CC1CN(CCCc2ccc(COc3ccccc3)cc2)C(C)CN1. The van der Waals surface area contributed by atoms with E-state index in [2.05, 4.69) is 48.3 Å². The first-order chi connectivity index (χ1) is 12.2. The van der Waals surface area contributed by atoms with Crippen LogP contribution in [-0.2, 0) is 13.0 Å². The van der Waals surface area contributed by atoms with Crippen LogP contribution in [0.1, 0.15) is 31.4 Å². The van der Waals surface area contributed by atoms with E-state index in [1.54, 1.807) is 0 Å². The maximum absolute atomic E-state index is 5.80. The Bertz CT molecular complexity index is 626. The Balaban J connectivity index is 1.41. The molecular weight excluding hydrogens is 308 g/mol. The molecule has 25 heavy (non-hydrogen) atoms. The second kappa shape index (κ2) is 9.02. The summed E-state index contributed by atoms with van der Waals surface area (Å²) in [5.41, 5.74) is 2.64. The van der Waals surface area contributed by atoms with Crippen molar-refractivity contribution < 1.29 is 4.74 Å². The number of ether oxygens (including phenoxy) is 1. The van der Waals surface area contributed by atoms with Gasteiger partial charge in [-0.1, -0.05) is 42.5 Å². The molecule has 2 aromatic rings. The Kier molecular flexibility index (Phi) is 6.48. The summed E-state index contributed by atoms with van der Waals surface area (Å²) in [6.45, 7) is 8.68. The van der Waals surface area contributed by atoms with Gasteiger partial charge in [-0.3, -0.25) is 4.90 Å². The van der Waals surface area contributed by atoms with Crippen molar-refractivity contribution in [2.45, 2.75) is 45.4 Å². The molecule has 1 heterocycles. The van der Waals surface area contributed by atoms with Crippen molar-refractivity contribution in [1.82, 2.24) is 10.2 Å². The summed E-state index contributed by atoms with van der Waals surface area (Å²) in [4.78, 5) is 2.61. The highest BCUT2D eigenvalue weighted by molar-refractivity contribution is 5.24. The Morgan fingerprint density at radius 3 is 2.48 bits per heavy atom. The van der Waals surface area contributed by atoms with Gasteiger partial charge >= 0.3 is 0 Å². The molecule has 0 saturated carbocycles. The van der Waals surface area contributed by atoms with Crippen LogP contribution in [0.15, 0.2) is 54.6 Å². The van der Waals surface area contributed by atoms with Crippen molar-refractivity contribution >= 4 is 0 Å². The van der Waals surface area contributed by atoms with Gasteiger partial charge in [-0.2, -0.15) is 0 Å². The molecule has 1 aliphatic heterocycles. The number of nitrogens with zero attached hydrogens (tertiary/aromatic N) is 1. The van der Waals surface area contributed by atoms with E-state index in [-0.39, 0.29) is 0 Å². The molecule has 1 aliphatic rings. The highest BCUT2D eigenvalue weighted by atomic mass is 16.5. The Morgan fingerprint density at radius 2 is 1.72 bits per heavy atom. The molecule has 1 saturated heterocycles. The van der Waals surface area contributed by atoms with Crippen LogP contribution in [0.3, 0.4) is 0 Å². The van der Waals surface area contributed by atoms with Gasteiger partial charge in [-0.15, -0.1) is 0 Å². The number of hydrogen-bond donors (Lipinski definition) is 1. The van der Waals surface area contributed by atoms with E-state index in [1.807, 2.05) is 30.3 Å². The normalized spacial score (nSPS) is 21.2. The van der Waals surface area contributed by atoms with E-state index in [9.17, 15) is 0 Å². The number of benzene rings is 2. The predicted octanol–water partition coefficient (Wildman–Crippen LogP) is 3.88. The van der Waals surface area contributed by atoms with E-state index < -0.39 is 0 Å². The first-order valence-electron chi connectivity index (χ1n) is 9.44. The van der Waals surface area contributed by atoms with E-state index >= 15 is 0 Å². The first kappa shape index (κ1) is 18.0. The third kappa shape index (κ3) is 5.58. The van der Waals surface area contributed by atoms with Gasteiger partial charge in [0.05, 0.1) is 0 Å². The zero-order valence-electron chi connectivity index (χ0n) is 15.4. The summed E-state index contributed by atoms with van der Waals surface area (Å²) in [5.74, 6) is 0.922. The second-order valence-corrected chi connectivity index (χ2v) is 7.18. The number of para-hydroxylation sites is 1. The van der Waals surface area contributed by atoms with Crippen LogP contribution in [0, 0.1) is 0 Å². The van der Waals surface area contributed by atoms with Crippen LogP contribution >= 0.6 is 0 Å². The van der Waals surface area contributed by atoms with Gasteiger partial charge in [0.1, 0.15) is 12.4 Å². The summed E-state index contributed by atoms with van der Waals surface area (Å²) in [6, 6.07) is 20.1. The third-order valence-corrected chi connectivity index (χ3v) is 4.98. The van der Waals surface area contributed by atoms with Crippen LogP contribution in [-0.4, -0.2) is 36.6 Å². The summed E-state index contributed by atoms with van der Waals surface area (Å²) in [6.07, 6.45) is 2.36. The highest BCUT2D eigenvalue weighted by Crippen LogP contribution is 2.14. The van der Waals surface area contributed by atoms with Crippen molar-refractivity contribution in [2.75, 3.05) is 19.6 Å². The van der Waals surface area contributed by atoms with Crippen LogP contribution in [0.5, 0.6) is 5.75 Å². The molecule has 3 heteroatoms. The zero-order chi connectivity index (χ0) is 17.5. The Hall–Kier alpha value is -1.84. The molecule has 2 aromatic carbocycles. The third-order valence-electron chi connectivity index (χ3n) is 4.98. The molecule has 1 fully saturated rings. The lowest BCUT2D eigenvalue weighted by Gasteiger charge is -2.37. The molecule has 1 N–H and O–H groups in total. The minimum atomic E-state index is 0.611. The molecule has 0 aliphatic carbocycles. The van der Waals surface area contributed by atoms with Crippen molar-refractivity contribution in [1.29, 1.82) is 0 Å². The lowest BCUT2D eigenvalue weighted by molar-refractivity contribution is 0.145. The molecule has 3 rings (SSSR count). The largest absolute Gasteiger partial charge is 0.489 e. The molecule has 0 aromatic heterocycles. The van der Waals surface area contributed by atoms with Crippen molar-refractivity contribution in [2.24, 2.45) is 0 Å². The summed E-state index contributed by atoms with van der Waals surface area (Å²) in [5, 5.41) is 3.55. The second-order valence-electron chi connectivity index (χ2n) is 7.18. The van der Waals surface area contributed by atoms with Gasteiger partial charge < -0.3 is 10.1 Å². The summed E-state index contributed by atoms with van der Waals surface area (Å²) >= 11 is 0. The number of aryl methyl sites for hydroxylation is 1. The predicted molar refractivity (Wildman–Crippen MR) is 104 cm³/mol. The van der Waals surface area contributed by atoms with Gasteiger partial charge in [0.2, 0.25) is 0 Å². The van der Waals surface area contributed by atoms with Gasteiger partial charge in [-0.05, 0) is 56.5 Å². The van der Waals surface area contributed by atoms with Gasteiger partial charge in [-0.25, -0.2) is 0 Å². The molecule has 0 bridgehead atoms. The van der Waals surface area contributed by atoms with Crippen LogP contribution < -0.4 is 10.1 Å². The smallest absolute Gasteiger partial charge is 0.119 e. The molecule has 0 amide bonds. The monoisotopic (exact) mass is 338 g/mol. The maximum Gasteiger partial charge on any atom is 0.119 e. The van der Waals surface area contributed by atoms with Crippen LogP contribution in [0.4, 0.5) is 0 Å². The van der Waals surface area contributed by atoms with Crippen LogP contribution in [0.2, 0.25) is 0 Å². The van der Waals surface area contributed by atoms with Crippen molar-refractivity contribution in [3.05, 3.63) is 65.7 Å². The first-order valence-corrected chi connectivity index (χ1v) is 9.44. The zero-order valence-corrected chi connectivity index (χ0v) is 15.4. The fourth-order valence-electron chi connectivity index (χ4n) is 3.38. The summed E-state index contributed by atoms with van der Waals surface area (Å²) < 4.78 is 5.80. The van der Waals surface area contributed by atoms with E-state index in [0.717, 1.165) is 25.3 Å². The standard InChI is InChI=1S/C22H30N2O/c1-18-16-24(19(2)15-23-18)14-6-7-20-10-12-21(13-11-20)17-25-22-8-4-3-5-9-22/h3-5,8-13,18-19,23H,6-7,14-17H2,1-2H3. The Morgan fingerprint density at radius 1 is 1.00 bits per heavy atom. The lowest BCUT2D eigenvalue weighted by Crippen LogP contribution is -2.54.